The van der Waals surface area contributed by atoms with Crippen LogP contribution in [0.25, 0.3) is 27.5 Å². The standard InChI is InChI=1S/C26H15BN2/c28-15-16-9-12-24-22(13-16)27-21-7-3-1-5-17(21)14-18-10-11-20-19-6-2-4-8-23(19)29(24)26(20)25(18)27/h1-13H,14H2. The van der Waals surface area contributed by atoms with Gasteiger partial charge in [-0.1, -0.05) is 60.1 Å². The fourth-order valence-corrected chi connectivity index (χ4v) is 5.57. The van der Waals surface area contributed by atoms with Gasteiger partial charge in [-0.3, -0.25) is 0 Å². The smallest absolute Gasteiger partial charge is 0.247 e. The van der Waals surface area contributed by atoms with Crippen LogP contribution in [0.3, 0.4) is 0 Å². The molecule has 132 valence electrons. The highest BCUT2D eigenvalue weighted by atomic mass is 15.0. The molecule has 0 aliphatic carbocycles. The van der Waals surface area contributed by atoms with Crippen LogP contribution in [0.1, 0.15) is 16.7 Å². The zero-order valence-corrected chi connectivity index (χ0v) is 15.7. The maximum absolute atomic E-state index is 9.58. The molecule has 29 heavy (non-hydrogen) atoms. The molecule has 3 heteroatoms. The number of aromatic nitrogens is 1. The normalized spacial score (nSPS) is 13.3. The molecule has 0 radical (unpaired) electrons. The SMILES string of the molecule is N#Cc1ccc2c(c1)B1c3ccccc3Cc3ccc4c5ccccc5n-2c4c31. The third-order valence-electron chi connectivity index (χ3n) is 6.71. The first-order valence-electron chi connectivity index (χ1n) is 10.0. The van der Waals surface area contributed by atoms with Crippen molar-refractivity contribution in [3.8, 4) is 11.8 Å². The summed E-state index contributed by atoms with van der Waals surface area (Å²) in [5, 5.41) is 12.2. The number of para-hydroxylation sites is 1. The summed E-state index contributed by atoms with van der Waals surface area (Å²) in [6.45, 7) is 0.179. The van der Waals surface area contributed by atoms with Crippen molar-refractivity contribution < 1.29 is 0 Å². The van der Waals surface area contributed by atoms with Crippen LogP contribution in [0, 0.1) is 11.3 Å². The van der Waals surface area contributed by atoms with Crippen LogP contribution in [0.5, 0.6) is 0 Å². The zero-order chi connectivity index (χ0) is 19.1. The van der Waals surface area contributed by atoms with Gasteiger partial charge in [0.05, 0.1) is 17.1 Å². The van der Waals surface area contributed by atoms with E-state index in [4.69, 9.17) is 0 Å². The molecule has 0 N–H and O–H groups in total. The summed E-state index contributed by atoms with van der Waals surface area (Å²) >= 11 is 0. The summed E-state index contributed by atoms with van der Waals surface area (Å²) in [5.74, 6) is 0. The minimum Gasteiger partial charge on any atom is -0.310 e. The van der Waals surface area contributed by atoms with Crippen molar-refractivity contribution in [2.45, 2.75) is 6.42 Å². The first-order chi connectivity index (χ1) is 14.3. The van der Waals surface area contributed by atoms with Gasteiger partial charge in [-0.05, 0) is 52.7 Å². The van der Waals surface area contributed by atoms with Crippen molar-refractivity contribution >= 4 is 44.9 Å². The summed E-state index contributed by atoms with van der Waals surface area (Å²) in [6, 6.07) is 30.6. The Morgan fingerprint density at radius 1 is 0.793 bits per heavy atom. The second kappa shape index (κ2) is 5.18. The molecule has 0 saturated heterocycles. The van der Waals surface area contributed by atoms with Crippen LogP contribution < -0.4 is 16.4 Å². The van der Waals surface area contributed by atoms with Gasteiger partial charge in [-0.2, -0.15) is 5.26 Å². The Morgan fingerprint density at radius 3 is 2.59 bits per heavy atom. The second-order valence-corrected chi connectivity index (χ2v) is 8.08. The van der Waals surface area contributed by atoms with Gasteiger partial charge in [0.25, 0.3) is 0 Å². The van der Waals surface area contributed by atoms with Gasteiger partial charge in [0.2, 0.25) is 6.71 Å². The van der Waals surface area contributed by atoms with Crippen LogP contribution in [0.4, 0.5) is 0 Å². The van der Waals surface area contributed by atoms with Crippen LogP contribution in [0.2, 0.25) is 0 Å². The molecule has 0 atom stereocenters. The van der Waals surface area contributed by atoms with E-state index in [1.165, 1.54) is 55.0 Å². The predicted molar refractivity (Wildman–Crippen MR) is 119 cm³/mol. The Labute approximate surface area is 168 Å². The lowest BCUT2D eigenvalue weighted by Gasteiger charge is -2.33. The topological polar surface area (TPSA) is 28.7 Å². The first-order valence-corrected chi connectivity index (χ1v) is 10.0. The van der Waals surface area contributed by atoms with Gasteiger partial charge in [-0.25, -0.2) is 0 Å². The molecule has 0 saturated carbocycles. The highest BCUT2D eigenvalue weighted by molar-refractivity contribution is 6.98. The summed E-state index contributed by atoms with van der Waals surface area (Å²) in [5.41, 5.74) is 11.3. The molecule has 1 aromatic heterocycles. The number of nitriles is 1. The van der Waals surface area contributed by atoms with Gasteiger partial charge in [0.15, 0.2) is 0 Å². The lowest BCUT2D eigenvalue weighted by Crippen LogP contribution is -2.60. The molecule has 2 nitrogen and oxygen atoms in total. The van der Waals surface area contributed by atoms with E-state index in [1.54, 1.807) is 0 Å². The fraction of sp³-hybridized carbons (Fsp3) is 0.0385. The highest BCUT2D eigenvalue weighted by Gasteiger charge is 2.38. The van der Waals surface area contributed by atoms with Gasteiger partial charge >= 0.3 is 0 Å². The van der Waals surface area contributed by atoms with Crippen molar-refractivity contribution in [3.63, 3.8) is 0 Å². The zero-order valence-electron chi connectivity index (χ0n) is 15.7. The Morgan fingerprint density at radius 2 is 1.66 bits per heavy atom. The largest absolute Gasteiger partial charge is 0.310 e. The first kappa shape index (κ1) is 15.2. The molecule has 4 aromatic carbocycles. The van der Waals surface area contributed by atoms with Gasteiger partial charge in [0.1, 0.15) is 0 Å². The van der Waals surface area contributed by atoms with E-state index < -0.39 is 0 Å². The Bertz CT molecular complexity index is 1550. The van der Waals surface area contributed by atoms with Crippen molar-refractivity contribution in [1.82, 2.24) is 4.57 Å². The van der Waals surface area contributed by atoms with Crippen LogP contribution in [-0.2, 0) is 6.42 Å². The summed E-state index contributed by atoms with van der Waals surface area (Å²) < 4.78 is 2.42. The van der Waals surface area contributed by atoms with E-state index in [2.05, 4.69) is 83.4 Å². The molecule has 7 rings (SSSR count). The second-order valence-electron chi connectivity index (χ2n) is 8.08. The van der Waals surface area contributed by atoms with Crippen LogP contribution >= 0.6 is 0 Å². The van der Waals surface area contributed by atoms with E-state index in [0.717, 1.165) is 12.0 Å². The Balaban J connectivity index is 1.75. The van der Waals surface area contributed by atoms with Crippen molar-refractivity contribution in [1.29, 1.82) is 5.26 Å². The van der Waals surface area contributed by atoms with Crippen molar-refractivity contribution in [2.75, 3.05) is 0 Å². The minimum absolute atomic E-state index is 0.179. The molecule has 0 spiro atoms. The molecule has 0 fully saturated rings. The average molecular weight is 366 g/mol. The van der Waals surface area contributed by atoms with Crippen molar-refractivity contribution in [2.24, 2.45) is 0 Å². The van der Waals surface area contributed by atoms with E-state index in [9.17, 15) is 5.26 Å². The number of benzene rings is 4. The summed E-state index contributed by atoms with van der Waals surface area (Å²) in [7, 11) is 0. The molecule has 5 aromatic rings. The summed E-state index contributed by atoms with van der Waals surface area (Å²) in [6.07, 6.45) is 0.965. The third kappa shape index (κ3) is 1.77. The molecule has 0 amide bonds. The van der Waals surface area contributed by atoms with E-state index in [1.807, 2.05) is 6.07 Å². The predicted octanol–water partition coefficient (Wildman–Crippen LogP) is 3.39. The number of hydrogen-bond donors (Lipinski definition) is 0. The lowest BCUT2D eigenvalue weighted by molar-refractivity contribution is 1.16. The van der Waals surface area contributed by atoms with E-state index >= 15 is 0 Å². The molecule has 2 aliphatic rings. The number of fused-ring (bicyclic) bond motifs is 8. The van der Waals surface area contributed by atoms with Gasteiger partial charge < -0.3 is 4.57 Å². The Kier molecular flexibility index (Phi) is 2.72. The van der Waals surface area contributed by atoms with Crippen molar-refractivity contribution in [3.05, 3.63) is 95.6 Å². The summed E-state index contributed by atoms with van der Waals surface area (Å²) in [4.78, 5) is 0. The monoisotopic (exact) mass is 366 g/mol. The molecular weight excluding hydrogens is 351 g/mol. The number of nitrogens with zero attached hydrogens (tertiary/aromatic N) is 2. The quantitative estimate of drug-likeness (QED) is 0.378. The maximum Gasteiger partial charge on any atom is 0.247 e. The molecule has 3 heterocycles. The van der Waals surface area contributed by atoms with Crippen LogP contribution in [0.15, 0.2) is 78.9 Å². The Hall–Kier alpha value is -3.77. The highest BCUT2D eigenvalue weighted by Crippen LogP contribution is 2.35. The average Bonchev–Trinajstić information content (AvgIpc) is 3.12. The van der Waals surface area contributed by atoms with E-state index in [0.29, 0.717) is 0 Å². The third-order valence-corrected chi connectivity index (χ3v) is 6.71. The minimum atomic E-state index is 0.179. The van der Waals surface area contributed by atoms with Crippen LogP contribution in [-0.4, -0.2) is 11.3 Å². The van der Waals surface area contributed by atoms with E-state index in [-0.39, 0.29) is 6.71 Å². The molecule has 0 bridgehead atoms. The maximum atomic E-state index is 9.58. The number of rotatable bonds is 0. The molecule has 2 aliphatic heterocycles. The fourth-order valence-electron chi connectivity index (χ4n) is 5.57. The molecule has 0 unspecified atom stereocenters. The number of hydrogen-bond acceptors (Lipinski definition) is 1. The lowest BCUT2D eigenvalue weighted by atomic mass is 9.32. The van der Waals surface area contributed by atoms with Gasteiger partial charge in [0, 0.05) is 22.0 Å². The van der Waals surface area contributed by atoms with Gasteiger partial charge in [-0.15, -0.1) is 0 Å². The molecular formula is C26H15BN2.